The molecule has 4 rings (SSSR count). The first kappa shape index (κ1) is 17.8. The highest BCUT2D eigenvalue weighted by atomic mass is 32.1. The molecule has 1 aromatic heterocycles. The van der Waals surface area contributed by atoms with Crippen LogP contribution in [0.15, 0.2) is 35.7 Å². The Balaban J connectivity index is 1.26. The van der Waals surface area contributed by atoms with Crippen molar-refractivity contribution in [3.8, 4) is 11.5 Å². The molecule has 1 atom stereocenters. The first-order valence-electron chi connectivity index (χ1n) is 9.62. The molecule has 0 N–H and O–H groups in total. The van der Waals surface area contributed by atoms with Crippen LogP contribution in [0.25, 0.3) is 0 Å². The normalized spacial score (nSPS) is 20.5. The van der Waals surface area contributed by atoms with Crippen molar-refractivity contribution in [2.75, 3.05) is 33.3 Å². The Kier molecular flexibility index (Phi) is 5.78. The van der Waals surface area contributed by atoms with E-state index in [2.05, 4.69) is 28.3 Å². The molecule has 0 radical (unpaired) electrons. The van der Waals surface area contributed by atoms with Crippen LogP contribution in [0.3, 0.4) is 0 Å². The summed E-state index contributed by atoms with van der Waals surface area (Å²) >= 11 is 1.88. The molecule has 0 bridgehead atoms. The monoisotopic (exact) mass is 372 g/mol. The number of nitrogens with zero attached hydrogens (tertiary/aromatic N) is 2. The van der Waals surface area contributed by atoms with Gasteiger partial charge in [-0.3, -0.25) is 9.80 Å². The maximum absolute atomic E-state index is 6.08. The number of fused-ring (bicyclic) bond motifs is 1. The third-order valence-electron chi connectivity index (χ3n) is 5.07. The number of rotatable bonds is 6. The SMILES string of the molecule is CN(Cc1cc(CN2CCCCC2)cs1)CC1COc2ccccc2O1. The van der Waals surface area contributed by atoms with Gasteiger partial charge in [0.1, 0.15) is 12.7 Å². The van der Waals surface area contributed by atoms with Gasteiger partial charge in [0.15, 0.2) is 11.5 Å². The summed E-state index contributed by atoms with van der Waals surface area (Å²) < 4.78 is 11.9. The highest BCUT2D eigenvalue weighted by Gasteiger charge is 2.22. The first-order chi connectivity index (χ1) is 12.8. The Morgan fingerprint density at radius 3 is 2.81 bits per heavy atom. The second-order valence-electron chi connectivity index (χ2n) is 7.45. The van der Waals surface area contributed by atoms with Crippen molar-refractivity contribution in [3.63, 3.8) is 0 Å². The Hall–Kier alpha value is -1.56. The van der Waals surface area contributed by atoms with Crippen molar-refractivity contribution in [1.29, 1.82) is 0 Å². The number of benzene rings is 1. The van der Waals surface area contributed by atoms with Crippen molar-refractivity contribution in [1.82, 2.24) is 9.80 Å². The minimum absolute atomic E-state index is 0.0858. The molecular formula is C21H28N2O2S. The lowest BCUT2D eigenvalue weighted by atomic mass is 10.1. The Morgan fingerprint density at radius 2 is 1.96 bits per heavy atom. The molecule has 1 aromatic carbocycles. The number of thiophene rings is 1. The summed E-state index contributed by atoms with van der Waals surface area (Å²) in [5.41, 5.74) is 1.46. The van der Waals surface area contributed by atoms with Crippen LogP contribution in [0.5, 0.6) is 11.5 Å². The van der Waals surface area contributed by atoms with Gasteiger partial charge in [-0.05, 0) is 62.1 Å². The second-order valence-corrected chi connectivity index (χ2v) is 8.45. The van der Waals surface area contributed by atoms with E-state index in [1.54, 1.807) is 0 Å². The molecule has 140 valence electrons. The average Bonchev–Trinajstić information content (AvgIpc) is 3.09. The number of hydrogen-bond acceptors (Lipinski definition) is 5. The lowest BCUT2D eigenvalue weighted by Gasteiger charge is -2.29. The van der Waals surface area contributed by atoms with Crippen molar-refractivity contribution >= 4 is 11.3 Å². The number of likely N-dealkylation sites (N-methyl/N-ethyl adjacent to an activating group) is 1. The van der Waals surface area contributed by atoms with Crippen LogP contribution in [-0.2, 0) is 13.1 Å². The zero-order valence-corrected chi connectivity index (χ0v) is 16.3. The highest BCUT2D eigenvalue weighted by molar-refractivity contribution is 7.10. The van der Waals surface area contributed by atoms with E-state index in [0.29, 0.717) is 6.61 Å². The Morgan fingerprint density at radius 1 is 1.15 bits per heavy atom. The average molecular weight is 373 g/mol. The van der Waals surface area contributed by atoms with E-state index in [-0.39, 0.29) is 6.10 Å². The van der Waals surface area contributed by atoms with Crippen LogP contribution >= 0.6 is 11.3 Å². The third kappa shape index (κ3) is 4.58. The molecule has 0 spiro atoms. The van der Waals surface area contributed by atoms with Gasteiger partial charge in [0.25, 0.3) is 0 Å². The zero-order valence-electron chi connectivity index (χ0n) is 15.5. The van der Waals surface area contributed by atoms with Crippen molar-refractivity contribution < 1.29 is 9.47 Å². The predicted molar refractivity (Wildman–Crippen MR) is 106 cm³/mol. The highest BCUT2D eigenvalue weighted by Crippen LogP contribution is 2.31. The van der Waals surface area contributed by atoms with Crippen LogP contribution in [0.2, 0.25) is 0 Å². The molecule has 0 aliphatic carbocycles. The lowest BCUT2D eigenvalue weighted by Crippen LogP contribution is -2.39. The van der Waals surface area contributed by atoms with E-state index in [9.17, 15) is 0 Å². The van der Waals surface area contributed by atoms with Gasteiger partial charge in [0.05, 0.1) is 0 Å². The fraction of sp³-hybridized carbons (Fsp3) is 0.524. The number of ether oxygens (including phenoxy) is 2. The summed E-state index contributed by atoms with van der Waals surface area (Å²) in [5, 5.41) is 2.33. The number of likely N-dealkylation sites (tertiary alicyclic amines) is 1. The van der Waals surface area contributed by atoms with Gasteiger partial charge in [-0.15, -0.1) is 11.3 Å². The molecule has 26 heavy (non-hydrogen) atoms. The van der Waals surface area contributed by atoms with Gasteiger partial charge in [0.2, 0.25) is 0 Å². The Bertz CT molecular complexity index is 712. The topological polar surface area (TPSA) is 24.9 Å². The number of hydrogen-bond donors (Lipinski definition) is 0. The van der Waals surface area contributed by atoms with Crippen molar-refractivity contribution in [2.24, 2.45) is 0 Å². The summed E-state index contributed by atoms with van der Waals surface area (Å²) in [6.07, 6.45) is 4.19. The molecule has 2 aromatic rings. The van der Waals surface area contributed by atoms with E-state index in [4.69, 9.17) is 9.47 Å². The zero-order chi connectivity index (χ0) is 17.8. The van der Waals surface area contributed by atoms with E-state index in [0.717, 1.165) is 31.1 Å². The Labute approximate surface area is 160 Å². The van der Waals surface area contributed by atoms with Crippen molar-refractivity contribution in [3.05, 3.63) is 46.2 Å². The van der Waals surface area contributed by atoms with Crippen LogP contribution < -0.4 is 9.47 Å². The fourth-order valence-corrected chi connectivity index (χ4v) is 4.76. The van der Waals surface area contributed by atoms with Gasteiger partial charge in [-0.1, -0.05) is 18.6 Å². The molecule has 1 fully saturated rings. The molecule has 3 heterocycles. The molecule has 4 nitrogen and oxygen atoms in total. The van der Waals surface area contributed by atoms with Crippen LogP contribution in [0, 0.1) is 0 Å². The predicted octanol–water partition coefficient (Wildman–Crippen LogP) is 4.01. The summed E-state index contributed by atoms with van der Waals surface area (Å²) in [4.78, 5) is 6.35. The van der Waals surface area contributed by atoms with E-state index in [1.807, 2.05) is 35.6 Å². The third-order valence-corrected chi connectivity index (χ3v) is 6.04. The summed E-state index contributed by atoms with van der Waals surface area (Å²) in [6, 6.07) is 10.3. The standard InChI is InChI=1S/C21H28N2O2S/c1-22(13-18-15-24-20-7-3-4-8-21(20)25-18)14-19-11-17(16-26-19)12-23-9-5-2-6-10-23/h3-4,7-8,11,16,18H,2,5-6,9-10,12-15H2,1H3. The smallest absolute Gasteiger partial charge is 0.161 e. The minimum Gasteiger partial charge on any atom is -0.486 e. The summed E-state index contributed by atoms with van der Waals surface area (Å²) in [7, 11) is 2.16. The largest absolute Gasteiger partial charge is 0.486 e. The van der Waals surface area contributed by atoms with Gasteiger partial charge >= 0.3 is 0 Å². The van der Waals surface area contributed by atoms with Gasteiger partial charge in [0, 0.05) is 24.5 Å². The fourth-order valence-electron chi connectivity index (χ4n) is 3.80. The number of piperidine rings is 1. The number of para-hydroxylation sites is 2. The van der Waals surface area contributed by atoms with Gasteiger partial charge in [-0.25, -0.2) is 0 Å². The molecule has 5 heteroatoms. The lowest BCUT2D eigenvalue weighted by molar-refractivity contribution is 0.0640. The van der Waals surface area contributed by atoms with E-state index >= 15 is 0 Å². The minimum atomic E-state index is 0.0858. The molecule has 2 aliphatic heterocycles. The molecule has 0 amide bonds. The van der Waals surface area contributed by atoms with Crippen LogP contribution in [0.4, 0.5) is 0 Å². The summed E-state index contributed by atoms with van der Waals surface area (Å²) in [5.74, 6) is 1.71. The van der Waals surface area contributed by atoms with E-state index < -0.39 is 0 Å². The van der Waals surface area contributed by atoms with Crippen LogP contribution in [0.1, 0.15) is 29.7 Å². The summed E-state index contributed by atoms with van der Waals surface area (Å²) in [6.45, 7) is 6.07. The first-order valence-corrected chi connectivity index (χ1v) is 10.5. The van der Waals surface area contributed by atoms with Crippen LogP contribution in [-0.4, -0.2) is 49.2 Å². The van der Waals surface area contributed by atoms with Crippen molar-refractivity contribution in [2.45, 2.75) is 38.5 Å². The maximum atomic E-state index is 6.08. The second kappa shape index (κ2) is 8.42. The molecule has 0 saturated carbocycles. The molecule has 1 saturated heterocycles. The van der Waals surface area contributed by atoms with E-state index in [1.165, 1.54) is 42.8 Å². The van der Waals surface area contributed by atoms with Gasteiger partial charge in [-0.2, -0.15) is 0 Å². The maximum Gasteiger partial charge on any atom is 0.161 e. The molecule has 2 aliphatic rings. The molecule has 1 unspecified atom stereocenters. The quantitative estimate of drug-likeness (QED) is 0.765. The van der Waals surface area contributed by atoms with Gasteiger partial charge < -0.3 is 9.47 Å². The molecular weight excluding hydrogens is 344 g/mol.